The lowest BCUT2D eigenvalue weighted by Gasteiger charge is -2.28. The molecule has 2 aromatic heterocycles. The zero-order chi connectivity index (χ0) is 23.6. The Hall–Kier alpha value is -3.30. The van der Waals surface area contributed by atoms with Crippen molar-refractivity contribution >= 4 is 5.91 Å². The highest BCUT2D eigenvalue weighted by Crippen LogP contribution is 2.35. The molecule has 33 heavy (non-hydrogen) atoms. The van der Waals surface area contributed by atoms with Crippen molar-refractivity contribution in [3.05, 3.63) is 54.0 Å². The van der Waals surface area contributed by atoms with Gasteiger partial charge in [-0.15, -0.1) is 13.2 Å². The first-order valence-electron chi connectivity index (χ1n) is 10.8. The monoisotopic (exact) mass is 461 g/mol. The number of aryl methyl sites for hydroxylation is 2. The van der Waals surface area contributed by atoms with E-state index in [0.29, 0.717) is 35.2 Å². The van der Waals surface area contributed by atoms with E-state index in [1.807, 2.05) is 17.9 Å². The highest BCUT2D eigenvalue weighted by Gasteiger charge is 2.31. The van der Waals surface area contributed by atoms with Crippen molar-refractivity contribution in [3.63, 3.8) is 0 Å². The molecule has 1 aliphatic rings. The first kappa shape index (κ1) is 22.9. The molecule has 1 fully saturated rings. The van der Waals surface area contributed by atoms with Crippen LogP contribution in [-0.4, -0.2) is 38.4 Å². The van der Waals surface area contributed by atoms with Gasteiger partial charge < -0.3 is 10.1 Å². The first-order chi connectivity index (χ1) is 15.7. The van der Waals surface area contributed by atoms with Gasteiger partial charge in [0.25, 0.3) is 5.91 Å². The van der Waals surface area contributed by atoms with Crippen LogP contribution < -0.4 is 10.1 Å². The number of amides is 1. The van der Waals surface area contributed by atoms with Crippen LogP contribution in [0.1, 0.15) is 47.5 Å². The fourth-order valence-electron chi connectivity index (χ4n) is 4.47. The Balaban J connectivity index is 1.39. The lowest BCUT2D eigenvalue weighted by molar-refractivity contribution is -0.274. The quantitative estimate of drug-likeness (QED) is 0.590. The second kappa shape index (κ2) is 9.29. The average Bonchev–Trinajstić information content (AvgIpc) is 3.37. The van der Waals surface area contributed by atoms with Crippen molar-refractivity contribution in [2.45, 2.75) is 38.0 Å². The van der Waals surface area contributed by atoms with Crippen LogP contribution >= 0.6 is 0 Å². The van der Waals surface area contributed by atoms with Gasteiger partial charge in [-0.25, -0.2) is 0 Å². The second-order valence-electron chi connectivity index (χ2n) is 8.48. The number of alkyl halides is 3. The van der Waals surface area contributed by atoms with Crippen LogP contribution in [0.3, 0.4) is 0 Å². The van der Waals surface area contributed by atoms with Crippen molar-refractivity contribution in [2.24, 2.45) is 20.0 Å². The maximum absolute atomic E-state index is 12.9. The van der Waals surface area contributed by atoms with Crippen molar-refractivity contribution < 1.29 is 22.7 Å². The molecule has 1 aromatic carbocycles. The number of nitrogens with one attached hydrogen (secondary N) is 1. The fourth-order valence-corrected chi connectivity index (χ4v) is 4.47. The van der Waals surface area contributed by atoms with E-state index in [9.17, 15) is 18.0 Å². The van der Waals surface area contributed by atoms with E-state index in [0.717, 1.165) is 25.7 Å². The Morgan fingerprint density at radius 2 is 1.91 bits per heavy atom. The van der Waals surface area contributed by atoms with Gasteiger partial charge in [-0.3, -0.25) is 14.2 Å². The summed E-state index contributed by atoms with van der Waals surface area (Å²) >= 11 is 0. The lowest BCUT2D eigenvalue weighted by atomic mass is 9.79. The third-order valence-electron chi connectivity index (χ3n) is 6.12. The molecule has 1 N–H and O–H groups in total. The number of hydrogen-bond donors (Lipinski definition) is 1. The summed E-state index contributed by atoms with van der Waals surface area (Å²) in [6.07, 6.45) is 4.75. The molecule has 1 saturated carbocycles. The van der Waals surface area contributed by atoms with Crippen LogP contribution in [0, 0.1) is 5.92 Å². The number of ether oxygens (including phenoxy) is 1. The second-order valence-corrected chi connectivity index (χ2v) is 8.48. The maximum atomic E-state index is 12.9. The Labute approximate surface area is 189 Å². The van der Waals surface area contributed by atoms with Crippen molar-refractivity contribution in [2.75, 3.05) is 6.54 Å². The minimum absolute atomic E-state index is 0.297. The van der Waals surface area contributed by atoms with Crippen molar-refractivity contribution in [3.8, 4) is 17.0 Å². The SMILES string of the molecule is Cn1cc(C2CCC(CNC(=O)c3cnn(C)c3-c3cccc(OC(F)(F)F)c3)CC2)cn1. The topological polar surface area (TPSA) is 74.0 Å². The van der Waals surface area contributed by atoms with Crippen molar-refractivity contribution in [1.29, 1.82) is 0 Å². The molecule has 7 nitrogen and oxygen atoms in total. The van der Waals surface area contributed by atoms with E-state index in [4.69, 9.17) is 0 Å². The summed E-state index contributed by atoms with van der Waals surface area (Å²) < 4.78 is 45.1. The van der Waals surface area contributed by atoms with Crippen LogP contribution in [-0.2, 0) is 14.1 Å². The highest BCUT2D eigenvalue weighted by molar-refractivity contribution is 6.00. The third kappa shape index (κ3) is 5.55. The Morgan fingerprint density at radius 1 is 1.15 bits per heavy atom. The molecule has 0 unspecified atom stereocenters. The van der Waals surface area contributed by atoms with E-state index in [-0.39, 0.29) is 11.7 Å². The molecule has 4 rings (SSSR count). The number of rotatable bonds is 6. The molecule has 0 radical (unpaired) electrons. The summed E-state index contributed by atoms with van der Waals surface area (Å²) in [7, 11) is 3.56. The number of carbonyl (C=O) groups is 1. The molecule has 0 atom stereocenters. The number of aromatic nitrogens is 4. The van der Waals surface area contributed by atoms with Crippen LogP contribution in [0.4, 0.5) is 13.2 Å². The van der Waals surface area contributed by atoms with Crippen LogP contribution in [0.15, 0.2) is 42.9 Å². The van der Waals surface area contributed by atoms with Gasteiger partial charge in [0.1, 0.15) is 5.75 Å². The van der Waals surface area contributed by atoms with Gasteiger partial charge in [0.15, 0.2) is 0 Å². The molecule has 0 bridgehead atoms. The summed E-state index contributed by atoms with van der Waals surface area (Å²) in [4.78, 5) is 12.9. The summed E-state index contributed by atoms with van der Waals surface area (Å²) in [5.74, 6) is 0.236. The molecule has 3 aromatic rings. The van der Waals surface area contributed by atoms with E-state index in [1.165, 1.54) is 34.6 Å². The standard InChI is InChI=1S/C23H26F3N5O2/c1-30-14-18(12-28-30)16-8-6-15(7-9-16)11-27-22(32)20-13-29-31(2)21(20)17-4-3-5-19(10-17)33-23(24,25)26/h3-5,10,12-16H,6-9,11H2,1-2H3,(H,27,32). The number of carbonyl (C=O) groups excluding carboxylic acids is 1. The molecule has 2 heterocycles. The predicted octanol–water partition coefficient (Wildman–Crippen LogP) is 4.42. The molecule has 0 spiro atoms. The molecular weight excluding hydrogens is 435 g/mol. The fraction of sp³-hybridized carbons (Fsp3) is 0.435. The van der Waals surface area contributed by atoms with E-state index < -0.39 is 6.36 Å². The zero-order valence-electron chi connectivity index (χ0n) is 18.5. The molecule has 0 aliphatic heterocycles. The molecule has 1 amide bonds. The smallest absolute Gasteiger partial charge is 0.406 e. The zero-order valence-corrected chi connectivity index (χ0v) is 18.5. The van der Waals surface area contributed by atoms with Crippen LogP contribution in [0.2, 0.25) is 0 Å². The Bertz CT molecular complexity index is 1110. The van der Waals surface area contributed by atoms with Crippen LogP contribution in [0.5, 0.6) is 5.75 Å². The predicted molar refractivity (Wildman–Crippen MR) is 116 cm³/mol. The minimum Gasteiger partial charge on any atom is -0.406 e. The largest absolute Gasteiger partial charge is 0.573 e. The molecular formula is C23H26F3N5O2. The van der Waals surface area contributed by atoms with E-state index >= 15 is 0 Å². The van der Waals surface area contributed by atoms with E-state index in [2.05, 4.69) is 26.4 Å². The van der Waals surface area contributed by atoms with Gasteiger partial charge in [-0.05, 0) is 55.2 Å². The summed E-state index contributed by atoms with van der Waals surface area (Å²) in [5.41, 5.74) is 2.42. The maximum Gasteiger partial charge on any atom is 0.573 e. The molecule has 176 valence electrons. The summed E-state index contributed by atoms with van der Waals surface area (Å²) in [6.45, 7) is 0.546. The number of hydrogen-bond acceptors (Lipinski definition) is 4. The normalized spacial score (nSPS) is 18.8. The number of nitrogens with zero attached hydrogens (tertiary/aromatic N) is 4. The molecule has 1 aliphatic carbocycles. The Morgan fingerprint density at radius 3 is 2.58 bits per heavy atom. The summed E-state index contributed by atoms with van der Waals surface area (Å²) in [5, 5.41) is 11.4. The van der Waals surface area contributed by atoms with Crippen molar-refractivity contribution in [1.82, 2.24) is 24.9 Å². The van der Waals surface area contributed by atoms with Gasteiger partial charge in [-0.1, -0.05) is 12.1 Å². The van der Waals surface area contributed by atoms with Gasteiger partial charge in [0.2, 0.25) is 0 Å². The van der Waals surface area contributed by atoms with Crippen LogP contribution in [0.25, 0.3) is 11.3 Å². The van der Waals surface area contributed by atoms with Gasteiger partial charge in [-0.2, -0.15) is 10.2 Å². The van der Waals surface area contributed by atoms with Gasteiger partial charge >= 0.3 is 6.36 Å². The number of benzene rings is 1. The third-order valence-corrected chi connectivity index (χ3v) is 6.12. The summed E-state index contributed by atoms with van der Waals surface area (Å²) in [6, 6.07) is 5.54. The highest BCUT2D eigenvalue weighted by atomic mass is 19.4. The average molecular weight is 461 g/mol. The Kier molecular flexibility index (Phi) is 6.44. The molecule has 0 saturated heterocycles. The first-order valence-corrected chi connectivity index (χ1v) is 10.8. The number of halogens is 3. The van der Waals surface area contributed by atoms with Gasteiger partial charge in [0, 0.05) is 32.4 Å². The minimum atomic E-state index is -4.79. The van der Waals surface area contributed by atoms with Gasteiger partial charge in [0.05, 0.1) is 23.7 Å². The molecule has 10 heteroatoms. The van der Waals surface area contributed by atoms with E-state index in [1.54, 1.807) is 13.1 Å². The lowest BCUT2D eigenvalue weighted by Crippen LogP contribution is -2.31.